The van der Waals surface area contributed by atoms with Crippen LogP contribution in [0.3, 0.4) is 0 Å². The van der Waals surface area contributed by atoms with Gasteiger partial charge in [0, 0.05) is 56.2 Å². The van der Waals surface area contributed by atoms with E-state index in [0.717, 1.165) is 38.3 Å². The van der Waals surface area contributed by atoms with Gasteiger partial charge in [0.25, 0.3) is 0 Å². The van der Waals surface area contributed by atoms with Gasteiger partial charge < -0.3 is 15.2 Å². The Morgan fingerprint density at radius 1 is 1.29 bits per heavy atom. The molecule has 0 fully saturated rings. The molecule has 0 unspecified atom stereocenters. The first kappa shape index (κ1) is 12.7. The molecule has 2 aliphatic rings. The molecule has 4 heteroatoms. The molecule has 2 N–H and O–H groups in total. The number of hydrogen-bond donors (Lipinski definition) is 2. The molecule has 0 bridgehead atoms. The molecular formula is C17H20N4. The van der Waals surface area contributed by atoms with Crippen LogP contribution in [-0.4, -0.2) is 22.6 Å². The molecule has 1 aliphatic heterocycles. The predicted octanol–water partition coefficient (Wildman–Crippen LogP) is 2.43. The van der Waals surface area contributed by atoms with Gasteiger partial charge >= 0.3 is 0 Å². The quantitative estimate of drug-likeness (QED) is 0.907. The summed E-state index contributed by atoms with van der Waals surface area (Å²) >= 11 is 0. The van der Waals surface area contributed by atoms with Crippen LogP contribution in [-0.2, 0) is 19.5 Å². The number of aromatic nitrogens is 2. The van der Waals surface area contributed by atoms with Crippen LogP contribution >= 0.6 is 0 Å². The Hall–Kier alpha value is -2.07. The lowest BCUT2D eigenvalue weighted by molar-refractivity contribution is 0.649. The van der Waals surface area contributed by atoms with Crippen LogP contribution in [0.1, 0.15) is 23.2 Å². The molecule has 0 aromatic carbocycles. The lowest BCUT2D eigenvalue weighted by Crippen LogP contribution is -2.17. The van der Waals surface area contributed by atoms with Crippen molar-refractivity contribution in [2.75, 3.05) is 18.4 Å². The van der Waals surface area contributed by atoms with Crippen LogP contribution in [0.5, 0.6) is 0 Å². The first-order valence-electron chi connectivity index (χ1n) is 7.67. The average molecular weight is 280 g/mol. The largest absolute Gasteiger partial charge is 0.381 e. The molecule has 0 amide bonds. The molecule has 0 radical (unpaired) electrons. The monoisotopic (exact) mass is 280 g/mol. The van der Waals surface area contributed by atoms with Gasteiger partial charge in [-0.1, -0.05) is 6.08 Å². The van der Waals surface area contributed by atoms with Gasteiger partial charge in [-0.3, -0.25) is 4.98 Å². The van der Waals surface area contributed by atoms with Gasteiger partial charge in [0.15, 0.2) is 0 Å². The van der Waals surface area contributed by atoms with Crippen LogP contribution in [0, 0.1) is 0 Å². The van der Waals surface area contributed by atoms with E-state index in [4.69, 9.17) is 0 Å². The van der Waals surface area contributed by atoms with E-state index in [2.05, 4.69) is 32.5 Å². The van der Waals surface area contributed by atoms with Gasteiger partial charge in [-0.05, 0) is 41.7 Å². The predicted molar refractivity (Wildman–Crippen MR) is 85.2 cm³/mol. The van der Waals surface area contributed by atoms with E-state index < -0.39 is 0 Å². The molecule has 21 heavy (non-hydrogen) atoms. The number of hydrogen-bond acceptors (Lipinski definition) is 3. The average Bonchev–Trinajstić information content (AvgIpc) is 2.75. The summed E-state index contributed by atoms with van der Waals surface area (Å²) in [6.07, 6.45) is 10.7. The standard InChI is InChI=1S/C17H20N4/c1-2-13-10-19-8-9-21-12-14(16(3-1)17(13)21)11-20-15-4-6-18-7-5-15/h2,4-7,12,19H,1,3,8-11H2,(H,18,20). The highest BCUT2D eigenvalue weighted by Gasteiger charge is 2.22. The minimum Gasteiger partial charge on any atom is -0.381 e. The zero-order valence-electron chi connectivity index (χ0n) is 12.1. The third-order valence-corrected chi connectivity index (χ3v) is 4.37. The first-order valence-corrected chi connectivity index (χ1v) is 7.67. The number of nitrogens with one attached hydrogen (secondary N) is 2. The highest BCUT2D eigenvalue weighted by molar-refractivity contribution is 5.71. The van der Waals surface area contributed by atoms with E-state index in [1.54, 1.807) is 0 Å². The molecule has 4 rings (SSSR count). The van der Waals surface area contributed by atoms with Crippen molar-refractivity contribution in [3.05, 3.63) is 53.6 Å². The zero-order chi connectivity index (χ0) is 14.1. The van der Waals surface area contributed by atoms with Gasteiger partial charge in [-0.15, -0.1) is 0 Å². The van der Waals surface area contributed by atoms with Crippen molar-refractivity contribution < 1.29 is 0 Å². The Balaban J connectivity index is 1.63. The van der Waals surface area contributed by atoms with Crippen LogP contribution < -0.4 is 10.6 Å². The fraction of sp³-hybridized carbons (Fsp3) is 0.353. The van der Waals surface area contributed by atoms with Gasteiger partial charge in [0.1, 0.15) is 0 Å². The number of rotatable bonds is 3. The molecule has 0 atom stereocenters. The van der Waals surface area contributed by atoms with Crippen molar-refractivity contribution >= 4 is 11.3 Å². The molecular weight excluding hydrogens is 260 g/mol. The van der Waals surface area contributed by atoms with Gasteiger partial charge in [-0.25, -0.2) is 0 Å². The number of nitrogens with zero attached hydrogens (tertiary/aromatic N) is 2. The van der Waals surface area contributed by atoms with E-state index >= 15 is 0 Å². The third kappa shape index (κ3) is 2.36. The molecule has 3 heterocycles. The Kier molecular flexibility index (Phi) is 3.24. The maximum absolute atomic E-state index is 4.06. The summed E-state index contributed by atoms with van der Waals surface area (Å²) in [5.74, 6) is 0. The third-order valence-electron chi connectivity index (χ3n) is 4.37. The minimum atomic E-state index is 0.889. The summed E-state index contributed by atoms with van der Waals surface area (Å²) in [6, 6.07) is 4.03. The van der Waals surface area contributed by atoms with Crippen LogP contribution in [0.4, 0.5) is 5.69 Å². The molecule has 1 aliphatic carbocycles. The van der Waals surface area contributed by atoms with Crippen molar-refractivity contribution in [3.8, 4) is 0 Å². The fourth-order valence-corrected chi connectivity index (χ4v) is 3.37. The van der Waals surface area contributed by atoms with Crippen LogP contribution in [0.25, 0.3) is 5.57 Å². The van der Waals surface area contributed by atoms with Crippen molar-refractivity contribution in [2.24, 2.45) is 0 Å². The smallest absolute Gasteiger partial charge is 0.0485 e. The lowest BCUT2D eigenvalue weighted by Gasteiger charge is -2.16. The molecule has 0 spiro atoms. The van der Waals surface area contributed by atoms with Crippen molar-refractivity contribution in [3.63, 3.8) is 0 Å². The van der Waals surface area contributed by atoms with Gasteiger partial charge in [0.2, 0.25) is 0 Å². The minimum absolute atomic E-state index is 0.889. The highest BCUT2D eigenvalue weighted by Crippen LogP contribution is 2.31. The molecule has 108 valence electrons. The lowest BCUT2D eigenvalue weighted by atomic mass is 9.94. The molecule has 0 saturated heterocycles. The Morgan fingerprint density at radius 2 is 2.19 bits per heavy atom. The van der Waals surface area contributed by atoms with Gasteiger partial charge in [0.05, 0.1) is 0 Å². The van der Waals surface area contributed by atoms with E-state index in [9.17, 15) is 0 Å². The molecule has 0 saturated carbocycles. The summed E-state index contributed by atoms with van der Waals surface area (Å²) in [7, 11) is 0. The second-order valence-corrected chi connectivity index (χ2v) is 5.71. The molecule has 2 aromatic rings. The van der Waals surface area contributed by atoms with E-state index in [0.29, 0.717) is 0 Å². The second-order valence-electron chi connectivity index (χ2n) is 5.71. The number of anilines is 1. The summed E-state index contributed by atoms with van der Waals surface area (Å²) in [6.45, 7) is 4.01. The maximum Gasteiger partial charge on any atom is 0.0485 e. The van der Waals surface area contributed by atoms with E-state index in [1.807, 2.05) is 24.5 Å². The number of allylic oxidation sites excluding steroid dienone is 1. The Bertz CT molecular complexity index is 670. The molecule has 4 nitrogen and oxygen atoms in total. The van der Waals surface area contributed by atoms with E-state index in [-0.39, 0.29) is 0 Å². The first-order chi connectivity index (χ1) is 10.4. The SMILES string of the molecule is C1=C2CNCCn3cc(CNc4ccncc4)c(c32)CC1. The van der Waals surface area contributed by atoms with Gasteiger partial charge in [-0.2, -0.15) is 0 Å². The fourth-order valence-electron chi connectivity index (χ4n) is 3.37. The summed E-state index contributed by atoms with van der Waals surface area (Å²) in [5.41, 5.74) is 7.06. The number of pyridine rings is 1. The highest BCUT2D eigenvalue weighted by atomic mass is 15.0. The normalized spacial score (nSPS) is 16.9. The second kappa shape index (κ2) is 5.37. The topological polar surface area (TPSA) is 41.9 Å². The van der Waals surface area contributed by atoms with Crippen molar-refractivity contribution in [1.29, 1.82) is 0 Å². The van der Waals surface area contributed by atoms with Crippen molar-refractivity contribution in [1.82, 2.24) is 14.9 Å². The summed E-state index contributed by atoms with van der Waals surface area (Å²) in [4.78, 5) is 4.06. The van der Waals surface area contributed by atoms with Crippen LogP contribution in [0.15, 0.2) is 36.8 Å². The summed E-state index contributed by atoms with van der Waals surface area (Å²) in [5, 5.41) is 7.02. The maximum atomic E-state index is 4.06. The Labute approximate surface area is 124 Å². The van der Waals surface area contributed by atoms with E-state index in [1.165, 1.54) is 28.8 Å². The molecule has 2 aromatic heterocycles. The zero-order valence-corrected chi connectivity index (χ0v) is 12.1. The Morgan fingerprint density at radius 3 is 3.10 bits per heavy atom. The van der Waals surface area contributed by atoms with Crippen molar-refractivity contribution in [2.45, 2.75) is 25.9 Å². The summed E-state index contributed by atoms with van der Waals surface area (Å²) < 4.78 is 2.43. The van der Waals surface area contributed by atoms with Crippen LogP contribution in [0.2, 0.25) is 0 Å².